The Hall–Kier alpha value is -2.99. The number of nitrogens with zero attached hydrogens (tertiary/aromatic N) is 4. The Labute approximate surface area is 170 Å². The summed E-state index contributed by atoms with van der Waals surface area (Å²) in [6.07, 6.45) is 1.56. The summed E-state index contributed by atoms with van der Waals surface area (Å²) < 4.78 is 0. The Bertz CT molecular complexity index is 954. The average molecular weight is 395 g/mol. The van der Waals surface area contributed by atoms with Crippen molar-refractivity contribution in [3.8, 4) is 0 Å². The van der Waals surface area contributed by atoms with Crippen molar-refractivity contribution in [3.63, 3.8) is 0 Å². The Kier molecular flexibility index (Phi) is 5.21. The Balaban J connectivity index is 1.49. The number of hydrogen-bond donors (Lipinski definition) is 2. The van der Waals surface area contributed by atoms with E-state index in [0.29, 0.717) is 16.5 Å². The number of aryl methyl sites for hydroxylation is 1. The van der Waals surface area contributed by atoms with Crippen molar-refractivity contribution in [3.05, 3.63) is 65.4 Å². The summed E-state index contributed by atoms with van der Waals surface area (Å²) in [5, 5.41) is 4.01. The average Bonchev–Trinajstić information content (AvgIpc) is 2.72. The van der Waals surface area contributed by atoms with Gasteiger partial charge in [0.25, 0.3) is 0 Å². The van der Waals surface area contributed by atoms with Crippen LogP contribution in [-0.4, -0.2) is 36.1 Å². The zero-order valence-corrected chi connectivity index (χ0v) is 16.5. The number of nitrogens with two attached hydrogens (primary N) is 1. The molecular formula is C21H23ClN6. The van der Waals surface area contributed by atoms with E-state index in [2.05, 4.69) is 49.4 Å². The molecule has 1 aromatic heterocycles. The van der Waals surface area contributed by atoms with Crippen molar-refractivity contribution < 1.29 is 0 Å². The second kappa shape index (κ2) is 7.94. The van der Waals surface area contributed by atoms with E-state index >= 15 is 0 Å². The fraction of sp³-hybridized carbons (Fsp3) is 0.238. The van der Waals surface area contributed by atoms with Gasteiger partial charge < -0.3 is 20.9 Å². The zero-order chi connectivity index (χ0) is 19.5. The van der Waals surface area contributed by atoms with Crippen LogP contribution in [0.25, 0.3) is 0 Å². The number of piperazine rings is 1. The molecule has 6 nitrogen and oxygen atoms in total. The van der Waals surface area contributed by atoms with Crippen LogP contribution in [0.1, 0.15) is 5.56 Å². The molecule has 3 aromatic rings. The molecule has 0 unspecified atom stereocenters. The summed E-state index contributed by atoms with van der Waals surface area (Å²) in [7, 11) is 0. The monoisotopic (exact) mass is 394 g/mol. The highest BCUT2D eigenvalue weighted by Crippen LogP contribution is 2.31. The molecule has 0 amide bonds. The summed E-state index contributed by atoms with van der Waals surface area (Å²) >= 11 is 6.05. The third-order valence-corrected chi connectivity index (χ3v) is 5.24. The minimum absolute atomic E-state index is 0.560. The highest BCUT2D eigenvalue weighted by molar-refractivity contribution is 6.30. The van der Waals surface area contributed by atoms with Crippen molar-refractivity contribution in [1.29, 1.82) is 0 Å². The van der Waals surface area contributed by atoms with Gasteiger partial charge in [-0.05, 0) is 42.8 Å². The molecule has 28 heavy (non-hydrogen) atoms. The maximum absolute atomic E-state index is 6.42. The Morgan fingerprint density at radius 2 is 1.68 bits per heavy atom. The van der Waals surface area contributed by atoms with Crippen LogP contribution in [0.5, 0.6) is 0 Å². The SMILES string of the molecule is Cc1cc(Cl)ccc1Nc1ncnc(N2CCN(c3ccccc3)CC2)c1N. The van der Waals surface area contributed by atoms with Gasteiger partial charge in [-0.2, -0.15) is 0 Å². The smallest absolute Gasteiger partial charge is 0.159 e. The number of para-hydroxylation sites is 1. The first-order chi connectivity index (χ1) is 13.6. The Morgan fingerprint density at radius 1 is 0.964 bits per heavy atom. The van der Waals surface area contributed by atoms with Gasteiger partial charge in [-0.25, -0.2) is 9.97 Å². The lowest BCUT2D eigenvalue weighted by Gasteiger charge is -2.37. The molecule has 0 bridgehead atoms. The standard InChI is InChI=1S/C21H23ClN6/c1-15-13-16(22)7-8-18(15)26-20-19(23)21(25-14-24-20)28-11-9-27(10-12-28)17-5-3-2-4-6-17/h2-8,13-14H,9-12,23H2,1H3,(H,24,25,26). The predicted molar refractivity (Wildman–Crippen MR) is 117 cm³/mol. The lowest BCUT2D eigenvalue weighted by Crippen LogP contribution is -2.47. The van der Waals surface area contributed by atoms with Crippen molar-refractivity contribution >= 4 is 40.3 Å². The zero-order valence-electron chi connectivity index (χ0n) is 15.8. The van der Waals surface area contributed by atoms with Crippen LogP contribution >= 0.6 is 11.6 Å². The second-order valence-corrected chi connectivity index (χ2v) is 7.29. The minimum Gasteiger partial charge on any atom is -0.393 e. The van der Waals surface area contributed by atoms with Crippen molar-refractivity contribution in [2.45, 2.75) is 6.92 Å². The molecule has 2 aromatic carbocycles. The number of halogens is 1. The van der Waals surface area contributed by atoms with Gasteiger partial charge in [-0.1, -0.05) is 29.8 Å². The van der Waals surface area contributed by atoms with Crippen LogP contribution in [0.4, 0.5) is 28.7 Å². The number of hydrogen-bond acceptors (Lipinski definition) is 6. The van der Waals surface area contributed by atoms with Gasteiger partial charge in [0.15, 0.2) is 11.6 Å². The maximum Gasteiger partial charge on any atom is 0.159 e. The minimum atomic E-state index is 0.560. The lowest BCUT2D eigenvalue weighted by molar-refractivity contribution is 0.647. The molecule has 4 rings (SSSR count). The quantitative estimate of drug-likeness (QED) is 0.694. The van der Waals surface area contributed by atoms with Gasteiger partial charge in [0.05, 0.1) is 0 Å². The molecule has 1 saturated heterocycles. The summed E-state index contributed by atoms with van der Waals surface area (Å²) in [6.45, 7) is 5.55. The number of nitrogens with one attached hydrogen (secondary N) is 1. The summed E-state index contributed by atoms with van der Waals surface area (Å²) in [5.74, 6) is 1.39. The first kappa shape index (κ1) is 18.4. The van der Waals surface area contributed by atoms with E-state index in [9.17, 15) is 0 Å². The molecule has 0 atom stereocenters. The number of benzene rings is 2. The van der Waals surface area contributed by atoms with Crippen LogP contribution in [0.2, 0.25) is 5.02 Å². The molecule has 7 heteroatoms. The molecule has 0 spiro atoms. The molecule has 1 aliphatic rings. The molecule has 0 aliphatic carbocycles. The molecule has 0 radical (unpaired) electrons. The third-order valence-electron chi connectivity index (χ3n) is 5.00. The van der Waals surface area contributed by atoms with Crippen LogP contribution in [0.3, 0.4) is 0 Å². The molecule has 2 heterocycles. The largest absolute Gasteiger partial charge is 0.393 e. The van der Waals surface area contributed by atoms with Crippen LogP contribution < -0.4 is 20.9 Å². The number of anilines is 5. The lowest BCUT2D eigenvalue weighted by atomic mass is 10.2. The van der Waals surface area contributed by atoms with Gasteiger partial charge >= 0.3 is 0 Å². The fourth-order valence-electron chi connectivity index (χ4n) is 3.45. The van der Waals surface area contributed by atoms with Gasteiger partial charge in [0.2, 0.25) is 0 Å². The molecular weight excluding hydrogens is 372 g/mol. The third kappa shape index (κ3) is 3.82. The fourth-order valence-corrected chi connectivity index (χ4v) is 3.67. The van der Waals surface area contributed by atoms with Crippen molar-refractivity contribution in [2.75, 3.05) is 47.0 Å². The number of nitrogen functional groups attached to an aromatic ring is 1. The Morgan fingerprint density at radius 3 is 2.39 bits per heavy atom. The van der Waals surface area contributed by atoms with Gasteiger partial charge in [0.1, 0.15) is 12.0 Å². The highest BCUT2D eigenvalue weighted by Gasteiger charge is 2.21. The van der Waals surface area contributed by atoms with Crippen LogP contribution in [0.15, 0.2) is 54.9 Å². The summed E-state index contributed by atoms with van der Waals surface area (Å²) in [4.78, 5) is 13.4. The maximum atomic E-state index is 6.42. The molecule has 3 N–H and O–H groups in total. The first-order valence-electron chi connectivity index (χ1n) is 9.30. The van der Waals surface area contributed by atoms with E-state index < -0.39 is 0 Å². The summed E-state index contributed by atoms with van der Waals surface area (Å²) in [6, 6.07) is 16.1. The van der Waals surface area contributed by atoms with Gasteiger partial charge in [-0.3, -0.25) is 0 Å². The molecule has 144 valence electrons. The normalized spacial score (nSPS) is 14.2. The van der Waals surface area contributed by atoms with Gasteiger partial charge in [0, 0.05) is 42.6 Å². The second-order valence-electron chi connectivity index (χ2n) is 6.85. The van der Waals surface area contributed by atoms with Crippen molar-refractivity contribution in [1.82, 2.24) is 9.97 Å². The molecule has 1 aliphatic heterocycles. The number of aromatic nitrogens is 2. The van der Waals surface area contributed by atoms with E-state index in [1.54, 1.807) is 6.33 Å². The number of rotatable bonds is 4. The highest BCUT2D eigenvalue weighted by atomic mass is 35.5. The van der Waals surface area contributed by atoms with E-state index in [0.717, 1.165) is 43.2 Å². The predicted octanol–water partition coefficient (Wildman–Crippen LogP) is 4.09. The van der Waals surface area contributed by atoms with Crippen LogP contribution in [0, 0.1) is 6.92 Å². The van der Waals surface area contributed by atoms with Gasteiger partial charge in [-0.15, -0.1) is 0 Å². The molecule has 0 saturated carbocycles. The van der Waals surface area contributed by atoms with E-state index in [-0.39, 0.29) is 0 Å². The molecule has 1 fully saturated rings. The van der Waals surface area contributed by atoms with E-state index in [1.165, 1.54) is 5.69 Å². The van der Waals surface area contributed by atoms with Crippen molar-refractivity contribution in [2.24, 2.45) is 0 Å². The first-order valence-corrected chi connectivity index (χ1v) is 9.68. The van der Waals surface area contributed by atoms with E-state index in [4.69, 9.17) is 17.3 Å². The van der Waals surface area contributed by atoms with E-state index in [1.807, 2.05) is 31.2 Å². The van der Waals surface area contributed by atoms with Crippen LogP contribution in [-0.2, 0) is 0 Å². The summed E-state index contributed by atoms with van der Waals surface area (Å²) in [5.41, 5.74) is 10.2. The topological polar surface area (TPSA) is 70.3 Å².